The van der Waals surface area contributed by atoms with Gasteiger partial charge in [0.1, 0.15) is 36.3 Å². The van der Waals surface area contributed by atoms with Gasteiger partial charge in [-0.3, -0.25) is 27.7 Å². The predicted molar refractivity (Wildman–Crippen MR) is 197 cm³/mol. The van der Waals surface area contributed by atoms with Gasteiger partial charge in [-0.05, 0) is 0 Å². The maximum Gasteiger partial charge on any atom is 0.481 e. The van der Waals surface area contributed by atoms with Gasteiger partial charge < -0.3 is 50.9 Å². The Balaban J connectivity index is 1.48. The summed E-state index contributed by atoms with van der Waals surface area (Å²) in [4.78, 5) is 75.1. The molecule has 0 aromatic carbocycles. The van der Waals surface area contributed by atoms with Crippen LogP contribution in [0.15, 0.2) is 12.7 Å². The second-order valence-corrected chi connectivity index (χ2v) is 19.9. The van der Waals surface area contributed by atoms with E-state index in [0.29, 0.717) is 0 Å². The Kier molecular flexibility index (Phi) is 18.5. The van der Waals surface area contributed by atoms with E-state index in [0.717, 1.165) is 31.1 Å². The van der Waals surface area contributed by atoms with Crippen molar-refractivity contribution in [2.75, 3.05) is 37.8 Å². The molecule has 0 radical (unpaired) electrons. The number of halogens is 12. The van der Waals surface area contributed by atoms with Gasteiger partial charge in [-0.25, -0.2) is 33.0 Å². The summed E-state index contributed by atoms with van der Waals surface area (Å²) >= 11 is -1.46. The van der Waals surface area contributed by atoms with Crippen LogP contribution in [0.3, 0.4) is 0 Å². The van der Waals surface area contributed by atoms with Crippen LogP contribution >= 0.6 is 35.2 Å². The molecule has 1 saturated heterocycles. The van der Waals surface area contributed by atoms with Gasteiger partial charge >= 0.3 is 52.7 Å². The maximum atomic E-state index is 14.0. The third-order valence-corrected chi connectivity index (χ3v) is 12.9. The monoisotopic (exact) mass is 1080 g/mol. The van der Waals surface area contributed by atoms with Gasteiger partial charge in [0.2, 0.25) is 11.8 Å². The fraction of sp³-hybridized carbons (Fsp3) is 0.750. The van der Waals surface area contributed by atoms with Crippen LogP contribution in [0.4, 0.5) is 58.5 Å². The van der Waals surface area contributed by atoms with E-state index < -0.39 is 163 Å². The van der Waals surface area contributed by atoms with Gasteiger partial charge in [0.15, 0.2) is 23.9 Å². The number of nitrogen functional groups attached to an aromatic ring is 1. The topological polar surface area (TPSA) is 347 Å². The number of hydrogen-bond acceptors (Lipinski definition) is 17. The summed E-state index contributed by atoms with van der Waals surface area (Å²) in [5, 5.41) is 18.9. The number of phosphoric acid groups is 3. The Morgan fingerprint density at radius 3 is 2.10 bits per heavy atom. The molecule has 1 fully saturated rings. The zero-order valence-corrected chi connectivity index (χ0v) is 37.0. The number of ether oxygens (including phenoxy) is 1. The molecule has 386 valence electrons. The number of carbonyl (C=O) groups excluding carboxylic acids is 2. The number of imidazole rings is 1. The lowest BCUT2D eigenvalue weighted by Crippen LogP contribution is -2.64. The van der Waals surface area contributed by atoms with Crippen LogP contribution < -0.4 is 16.4 Å². The van der Waals surface area contributed by atoms with Gasteiger partial charge in [0.25, 0.3) is 0 Å². The predicted octanol–water partition coefficient (Wildman–Crippen LogP) is 2.93. The Morgan fingerprint density at radius 1 is 0.925 bits per heavy atom. The van der Waals surface area contributed by atoms with E-state index in [1.807, 2.05) is 5.32 Å². The molecule has 2 aromatic rings. The van der Waals surface area contributed by atoms with Crippen molar-refractivity contribution in [3.05, 3.63) is 12.7 Å². The zero-order chi connectivity index (χ0) is 51.6. The minimum Gasteiger partial charge on any atom is -0.386 e. The van der Waals surface area contributed by atoms with Gasteiger partial charge in [-0.2, -0.15) is 52.6 Å². The number of nitrogens with two attached hydrogens (primary N) is 1. The molecule has 3 unspecified atom stereocenters. The van der Waals surface area contributed by atoms with Crippen LogP contribution in [0.25, 0.3) is 11.2 Å². The van der Waals surface area contributed by atoms with Crippen molar-refractivity contribution in [2.45, 2.75) is 92.7 Å². The maximum absolute atomic E-state index is 14.0. The number of carbonyl (C=O) groups is 2. The molecule has 3 rings (SSSR count). The Hall–Kier alpha value is -2.95. The van der Waals surface area contributed by atoms with Gasteiger partial charge in [0, 0.05) is 30.7 Å². The number of amides is 2. The van der Waals surface area contributed by atoms with Gasteiger partial charge in [0.05, 0.1) is 26.0 Å². The first kappa shape index (κ1) is 58.4. The number of aliphatic hydroxyl groups excluding tert-OH is 2. The number of fused-ring (bicyclic) bond motifs is 1. The first-order valence-corrected chi connectivity index (χ1v) is 23.4. The van der Waals surface area contributed by atoms with Gasteiger partial charge in [-0.1, -0.05) is 25.6 Å². The van der Waals surface area contributed by atoms with Crippen LogP contribution in [-0.4, -0.2) is 153 Å². The smallest absolute Gasteiger partial charge is 0.386 e. The minimum absolute atomic E-state index is 0.00390. The molecule has 1 aliphatic rings. The van der Waals surface area contributed by atoms with Crippen molar-refractivity contribution in [3.63, 3.8) is 0 Å². The number of nitrogens with zero attached hydrogens (tertiary/aromatic N) is 4. The highest BCUT2D eigenvalue weighted by Gasteiger charge is 2.82. The summed E-state index contributed by atoms with van der Waals surface area (Å²) in [6.07, 6.45) is -22.8. The number of aromatic nitrogens is 4. The van der Waals surface area contributed by atoms with Crippen molar-refractivity contribution < 1.29 is 128 Å². The first-order chi connectivity index (χ1) is 30.2. The van der Waals surface area contributed by atoms with Crippen LogP contribution in [0.2, 0.25) is 0 Å². The lowest BCUT2D eigenvalue weighted by atomic mass is 9.87. The molecule has 39 heteroatoms. The molecule has 2 aromatic heterocycles. The Labute approximate surface area is 370 Å². The summed E-state index contributed by atoms with van der Waals surface area (Å²) in [5.74, 6) is -25.5. The third kappa shape index (κ3) is 14.8. The fourth-order valence-corrected chi connectivity index (χ4v) is 8.92. The quantitative estimate of drug-likeness (QED) is 0.0392. The van der Waals surface area contributed by atoms with E-state index in [-0.39, 0.29) is 17.0 Å². The molecular weight excluding hydrogens is 1040 g/mol. The lowest BCUT2D eigenvalue weighted by Gasteiger charge is -2.37. The number of phosphoric ester groups is 3. The Bertz CT molecular complexity index is 2220. The SMILES string of the molecule is CC(C)(COP(=O)(O)OP(=O)(O)OC[C@H]1O[C@@H](n2cnc3c(N)ncnc32)[C@H](O)[C@@H]1OP(=O)(O)O)[C@@H](O)C(=O)NCCC(=O)NCCSC(F)(F)C(F)(F)C(F)(F)C(F)(F)C(F)CC(F)(F)F. The molecule has 3 heterocycles. The van der Waals surface area contributed by atoms with Crippen molar-refractivity contribution in [3.8, 4) is 0 Å². The van der Waals surface area contributed by atoms with E-state index in [9.17, 15) is 106 Å². The zero-order valence-electron chi connectivity index (χ0n) is 33.5. The van der Waals surface area contributed by atoms with Crippen LogP contribution in [0.1, 0.15) is 32.9 Å². The number of alkyl halides is 12. The van der Waals surface area contributed by atoms with E-state index >= 15 is 0 Å². The van der Waals surface area contributed by atoms with Crippen LogP contribution in [-0.2, 0) is 45.9 Å². The largest absolute Gasteiger partial charge is 0.481 e. The van der Waals surface area contributed by atoms with Crippen molar-refractivity contribution in [1.82, 2.24) is 30.2 Å². The molecule has 0 spiro atoms. The van der Waals surface area contributed by atoms with Crippen LogP contribution in [0.5, 0.6) is 0 Å². The minimum atomic E-state index is -7.35. The molecule has 0 bridgehead atoms. The number of rotatable bonds is 25. The van der Waals surface area contributed by atoms with Crippen LogP contribution in [0, 0.1) is 5.41 Å². The fourth-order valence-electron chi connectivity index (χ4n) is 5.32. The molecule has 23 nitrogen and oxygen atoms in total. The number of thioether (sulfide) groups is 1. The van der Waals surface area contributed by atoms with E-state index in [1.54, 1.807) is 5.32 Å². The second-order valence-electron chi connectivity index (χ2n) is 14.5. The van der Waals surface area contributed by atoms with Gasteiger partial charge in [-0.15, -0.1) is 0 Å². The number of hydrogen-bond donors (Lipinski definition) is 9. The van der Waals surface area contributed by atoms with E-state index in [1.165, 1.54) is 0 Å². The summed E-state index contributed by atoms with van der Waals surface area (Å²) in [7, 11) is -16.9. The number of nitrogens with one attached hydrogen (secondary N) is 2. The number of aliphatic hydroxyl groups is 2. The Morgan fingerprint density at radius 2 is 1.52 bits per heavy atom. The highest BCUT2D eigenvalue weighted by Crippen LogP contribution is 2.61. The molecule has 1 aliphatic heterocycles. The lowest BCUT2D eigenvalue weighted by molar-refractivity contribution is -0.361. The molecule has 8 atom stereocenters. The third-order valence-electron chi connectivity index (χ3n) is 8.77. The van der Waals surface area contributed by atoms with Crippen molar-refractivity contribution in [1.29, 1.82) is 0 Å². The summed E-state index contributed by atoms with van der Waals surface area (Å²) in [6.45, 7) is -2.13. The molecular formula is C28H38F12N7O16P3S. The molecule has 0 aliphatic carbocycles. The van der Waals surface area contributed by atoms with Crippen molar-refractivity contribution in [2.24, 2.45) is 5.41 Å². The molecule has 0 saturated carbocycles. The normalized spacial score (nSPS) is 22.0. The standard InChI is InChI=1S/C28H38F12N7O16P3S/c1-23(2,18(50)21(51)43-4-3-14(48)42-5-6-67-28(39,40)27(37,38)26(35,36)25(33,34)13(29)7-24(30,31)32)9-60-66(57,58)63-65(55,56)59-8-12-17(62-64(52,53)54)16(49)22(61-12)47-11-46-15-19(41)44-10-45-20(15)47/h10-13,16-18,22,49-50H,3-9H2,1-2H3,(H,42,48)(H,43,51)(H,55,56)(H,57,58)(H2,41,44,45)(H2,52,53,54)/t12-,13?,16-,17-,18+,22-/m1/s1. The summed E-state index contributed by atoms with van der Waals surface area (Å²) in [6, 6.07) is 0. The van der Waals surface area contributed by atoms with Crippen molar-refractivity contribution >= 4 is 64.0 Å². The number of anilines is 1. The average Bonchev–Trinajstić information content (AvgIpc) is 3.73. The highest BCUT2D eigenvalue weighted by molar-refractivity contribution is 8.00. The molecule has 10 N–H and O–H groups in total. The molecule has 67 heavy (non-hydrogen) atoms. The molecule has 2 amide bonds. The highest BCUT2D eigenvalue weighted by atomic mass is 32.2. The summed E-state index contributed by atoms with van der Waals surface area (Å²) in [5.41, 5.74) is 3.76. The average molecular weight is 1080 g/mol. The summed E-state index contributed by atoms with van der Waals surface area (Å²) < 4.78 is 222. The first-order valence-electron chi connectivity index (χ1n) is 17.9. The second kappa shape index (κ2) is 21.2. The van der Waals surface area contributed by atoms with E-state index in [2.05, 4.69) is 32.8 Å². The van der Waals surface area contributed by atoms with E-state index in [4.69, 9.17) is 10.5 Å².